The quantitative estimate of drug-likeness (QED) is 0.121. The van der Waals surface area contributed by atoms with Gasteiger partial charge in [0.15, 0.2) is 17.3 Å². The van der Waals surface area contributed by atoms with Gasteiger partial charge in [0.05, 0.1) is 46.1 Å². The molecule has 1 N–H and O–H groups in total. The SMILES string of the molecule is COc1cc(C2C3=CCC4C(=O)N(c5ccc(C(=O)c6ccccc6)cc5)C(=O)C4C3CC3C(=O)N(c4ccccc4)C(=O)C32C)c(Br)c(Br)c1O. The highest BCUT2D eigenvalue weighted by atomic mass is 79.9. The van der Waals surface area contributed by atoms with Gasteiger partial charge in [-0.2, -0.15) is 0 Å². The number of anilines is 2. The number of phenols is 1. The van der Waals surface area contributed by atoms with Crippen molar-refractivity contribution in [2.45, 2.75) is 25.7 Å². The summed E-state index contributed by atoms with van der Waals surface area (Å²) in [6, 6.07) is 25.8. The molecule has 52 heavy (non-hydrogen) atoms. The van der Waals surface area contributed by atoms with Crippen molar-refractivity contribution in [1.29, 1.82) is 0 Å². The number of hydrogen-bond acceptors (Lipinski definition) is 7. The number of imide groups is 2. The number of fused-ring (bicyclic) bond motifs is 4. The molecule has 0 radical (unpaired) electrons. The summed E-state index contributed by atoms with van der Waals surface area (Å²) in [5, 5.41) is 10.8. The molecule has 4 aromatic rings. The minimum absolute atomic E-state index is 0.131. The lowest BCUT2D eigenvalue weighted by Crippen LogP contribution is -2.49. The summed E-state index contributed by atoms with van der Waals surface area (Å²) in [6.45, 7) is 1.81. The number of aromatic hydroxyl groups is 1. The topological polar surface area (TPSA) is 121 Å². The van der Waals surface area contributed by atoms with E-state index in [1.807, 2.05) is 18.2 Å². The molecule has 11 heteroatoms. The zero-order valence-electron chi connectivity index (χ0n) is 28.1. The monoisotopic (exact) mass is 822 g/mol. The number of hydrogen-bond donors (Lipinski definition) is 1. The first kappa shape index (κ1) is 34.2. The first-order chi connectivity index (χ1) is 25.0. The van der Waals surface area contributed by atoms with Crippen LogP contribution in [0.3, 0.4) is 0 Å². The van der Waals surface area contributed by atoms with Gasteiger partial charge in [-0.15, -0.1) is 0 Å². The number of amides is 4. The number of carbonyl (C=O) groups is 5. The van der Waals surface area contributed by atoms with Crippen molar-refractivity contribution in [2.24, 2.45) is 29.1 Å². The Morgan fingerprint density at radius 1 is 0.788 bits per heavy atom. The van der Waals surface area contributed by atoms with Crippen molar-refractivity contribution in [2.75, 3.05) is 16.9 Å². The van der Waals surface area contributed by atoms with Crippen LogP contribution in [0.25, 0.3) is 0 Å². The molecule has 0 aromatic heterocycles. The lowest BCUT2D eigenvalue weighted by molar-refractivity contribution is -0.131. The Bertz CT molecular complexity index is 2220. The number of ketones is 1. The second-order valence-corrected chi connectivity index (χ2v) is 15.5. The molecule has 2 aliphatic carbocycles. The van der Waals surface area contributed by atoms with E-state index in [4.69, 9.17) is 4.74 Å². The number of phenolic OH excluding ortho intramolecular Hbond substituents is 1. The molecule has 1 saturated carbocycles. The van der Waals surface area contributed by atoms with Crippen molar-refractivity contribution in [3.05, 3.63) is 128 Å². The number of carbonyl (C=O) groups excluding carboxylic acids is 5. The normalized spacial score (nSPS) is 26.5. The zero-order valence-corrected chi connectivity index (χ0v) is 31.3. The second-order valence-electron chi connectivity index (χ2n) is 13.9. The highest BCUT2D eigenvalue weighted by Crippen LogP contribution is 2.65. The summed E-state index contributed by atoms with van der Waals surface area (Å²) in [4.78, 5) is 73.3. The number of nitrogens with zero attached hydrogens (tertiary/aromatic N) is 2. The number of benzene rings is 4. The number of ether oxygens (including phenoxy) is 1. The largest absolute Gasteiger partial charge is 0.503 e. The number of methoxy groups -OCH3 is 1. The van der Waals surface area contributed by atoms with Gasteiger partial charge in [-0.05, 0) is 106 Å². The molecule has 6 unspecified atom stereocenters. The van der Waals surface area contributed by atoms with E-state index in [9.17, 15) is 29.1 Å². The van der Waals surface area contributed by atoms with Gasteiger partial charge in [-0.1, -0.05) is 60.2 Å². The minimum Gasteiger partial charge on any atom is -0.503 e. The van der Waals surface area contributed by atoms with E-state index in [1.54, 1.807) is 85.8 Å². The van der Waals surface area contributed by atoms with E-state index in [0.29, 0.717) is 37.0 Å². The Morgan fingerprint density at radius 3 is 2.06 bits per heavy atom. The third-order valence-electron chi connectivity index (χ3n) is 11.4. The molecule has 2 heterocycles. The van der Waals surface area contributed by atoms with E-state index in [0.717, 1.165) is 5.57 Å². The van der Waals surface area contributed by atoms with Crippen LogP contribution >= 0.6 is 31.9 Å². The van der Waals surface area contributed by atoms with Gasteiger partial charge in [0.25, 0.3) is 0 Å². The maximum absolute atomic E-state index is 14.7. The molecular formula is C41H32Br2N2O7. The Hall–Kier alpha value is -4.87. The summed E-state index contributed by atoms with van der Waals surface area (Å²) in [5.41, 5.74) is 1.90. The van der Waals surface area contributed by atoms with Gasteiger partial charge in [0, 0.05) is 21.5 Å². The third-order valence-corrected chi connectivity index (χ3v) is 13.6. The van der Waals surface area contributed by atoms with E-state index in [1.165, 1.54) is 16.9 Å². The van der Waals surface area contributed by atoms with Crippen LogP contribution < -0.4 is 14.5 Å². The van der Waals surface area contributed by atoms with Crippen LogP contribution in [0.15, 0.2) is 112 Å². The molecule has 262 valence electrons. The predicted octanol–water partition coefficient (Wildman–Crippen LogP) is 7.59. The smallest absolute Gasteiger partial charge is 0.241 e. The lowest BCUT2D eigenvalue weighted by Gasteiger charge is -2.49. The van der Waals surface area contributed by atoms with Crippen molar-refractivity contribution in [3.63, 3.8) is 0 Å². The van der Waals surface area contributed by atoms with Gasteiger partial charge in [0.1, 0.15) is 0 Å². The van der Waals surface area contributed by atoms with E-state index < -0.39 is 35.0 Å². The minimum atomic E-state index is -1.28. The molecule has 9 nitrogen and oxygen atoms in total. The molecule has 4 amide bonds. The maximum Gasteiger partial charge on any atom is 0.241 e. The van der Waals surface area contributed by atoms with Gasteiger partial charge in [0.2, 0.25) is 23.6 Å². The Labute approximate surface area is 316 Å². The standard InChI is InChI=1S/C41H32Br2N2O7/c1-41-29(38(49)45(40(41)51)23-11-7-4-8-12-23)19-27-25(32(41)28-20-30(52-2)36(47)34(43)33(28)42)17-18-26-31(27)39(50)44(37(26)48)24-15-13-22(14-16-24)35(46)21-9-5-3-6-10-21/h3-17,20,26-27,29,31-32,47H,18-19H2,1-2H3. The second kappa shape index (κ2) is 12.7. The van der Waals surface area contributed by atoms with E-state index >= 15 is 0 Å². The number of halogens is 2. The van der Waals surface area contributed by atoms with Crippen molar-refractivity contribution < 1.29 is 33.8 Å². The summed E-state index contributed by atoms with van der Waals surface area (Å²) < 4.78 is 6.34. The fourth-order valence-electron chi connectivity index (χ4n) is 8.93. The summed E-state index contributed by atoms with van der Waals surface area (Å²) in [7, 11) is 1.43. The summed E-state index contributed by atoms with van der Waals surface area (Å²) >= 11 is 7.14. The van der Waals surface area contributed by atoms with Gasteiger partial charge in [-0.25, -0.2) is 4.90 Å². The summed E-state index contributed by atoms with van der Waals surface area (Å²) in [5.74, 6) is -5.11. The Morgan fingerprint density at radius 2 is 1.40 bits per heavy atom. The highest BCUT2D eigenvalue weighted by Gasteiger charge is 2.68. The molecular weight excluding hydrogens is 792 g/mol. The Kier molecular flexibility index (Phi) is 8.34. The van der Waals surface area contributed by atoms with Crippen LogP contribution in [-0.4, -0.2) is 41.6 Å². The molecule has 4 aromatic carbocycles. The number of para-hydroxylation sites is 1. The van der Waals surface area contributed by atoms with E-state index in [-0.39, 0.29) is 53.8 Å². The first-order valence-electron chi connectivity index (χ1n) is 16.9. The van der Waals surface area contributed by atoms with Crippen LogP contribution in [-0.2, 0) is 19.2 Å². The number of allylic oxidation sites excluding steroid dienone is 2. The molecule has 6 atom stereocenters. The fraction of sp³-hybridized carbons (Fsp3) is 0.244. The fourth-order valence-corrected chi connectivity index (χ4v) is 9.89. The molecule has 8 rings (SSSR count). The van der Waals surface area contributed by atoms with Crippen molar-refractivity contribution in [3.8, 4) is 11.5 Å². The van der Waals surface area contributed by atoms with Crippen LogP contribution in [0.2, 0.25) is 0 Å². The summed E-state index contributed by atoms with van der Waals surface area (Å²) in [6.07, 6.45) is 2.42. The Balaban J connectivity index is 1.22. The molecule has 2 aliphatic heterocycles. The van der Waals surface area contributed by atoms with Crippen LogP contribution in [0, 0.1) is 29.1 Å². The van der Waals surface area contributed by atoms with E-state index in [2.05, 4.69) is 31.9 Å². The highest BCUT2D eigenvalue weighted by molar-refractivity contribution is 9.13. The van der Waals surface area contributed by atoms with Crippen molar-refractivity contribution >= 4 is 72.6 Å². The average Bonchev–Trinajstić information content (AvgIpc) is 3.54. The average molecular weight is 825 g/mol. The molecule has 0 spiro atoms. The van der Waals surface area contributed by atoms with Crippen molar-refractivity contribution in [1.82, 2.24) is 0 Å². The third kappa shape index (κ3) is 4.89. The first-order valence-corrected chi connectivity index (χ1v) is 18.5. The van der Waals surface area contributed by atoms with Gasteiger partial charge >= 0.3 is 0 Å². The molecule has 3 fully saturated rings. The van der Waals surface area contributed by atoms with Crippen LogP contribution in [0.1, 0.15) is 47.2 Å². The predicted molar refractivity (Wildman–Crippen MR) is 200 cm³/mol. The number of rotatable bonds is 6. The van der Waals surface area contributed by atoms with Gasteiger partial charge in [-0.3, -0.25) is 28.9 Å². The molecule has 4 aliphatic rings. The maximum atomic E-state index is 14.7. The lowest BCUT2D eigenvalue weighted by atomic mass is 9.51. The molecule has 0 bridgehead atoms. The molecule has 2 saturated heterocycles. The zero-order chi connectivity index (χ0) is 36.6. The van der Waals surface area contributed by atoms with Gasteiger partial charge < -0.3 is 9.84 Å². The van der Waals surface area contributed by atoms with Crippen LogP contribution in [0.4, 0.5) is 11.4 Å². The van der Waals surface area contributed by atoms with Crippen LogP contribution in [0.5, 0.6) is 11.5 Å².